The molecular formula is C22H21N3O3. The summed E-state index contributed by atoms with van der Waals surface area (Å²) in [5.41, 5.74) is 3.26. The number of nitrogens with zero attached hydrogens (tertiary/aromatic N) is 1. The van der Waals surface area contributed by atoms with Crippen molar-refractivity contribution in [2.24, 2.45) is 0 Å². The van der Waals surface area contributed by atoms with Gasteiger partial charge in [-0.3, -0.25) is 9.59 Å². The molecule has 6 heteroatoms. The topological polar surface area (TPSA) is 74.4 Å². The van der Waals surface area contributed by atoms with Gasteiger partial charge in [-0.1, -0.05) is 24.3 Å². The number of aromatic nitrogens is 1. The number of H-pyrrole nitrogens is 1. The summed E-state index contributed by atoms with van der Waals surface area (Å²) in [4.78, 5) is 29.6. The van der Waals surface area contributed by atoms with E-state index in [1.807, 2.05) is 30.5 Å². The van der Waals surface area contributed by atoms with Crippen molar-refractivity contribution in [2.45, 2.75) is 19.4 Å². The number of hydrogen-bond acceptors (Lipinski definition) is 3. The second-order valence-corrected chi connectivity index (χ2v) is 6.76. The monoisotopic (exact) mass is 375 g/mol. The van der Waals surface area contributed by atoms with E-state index in [2.05, 4.69) is 16.9 Å². The van der Waals surface area contributed by atoms with Crippen LogP contribution in [0, 0.1) is 0 Å². The molecule has 2 N–H and O–H groups in total. The van der Waals surface area contributed by atoms with Gasteiger partial charge >= 0.3 is 0 Å². The molecule has 0 radical (unpaired) electrons. The van der Waals surface area contributed by atoms with E-state index in [0.717, 1.165) is 16.5 Å². The van der Waals surface area contributed by atoms with Crippen LogP contribution in [0.1, 0.15) is 12.5 Å². The van der Waals surface area contributed by atoms with E-state index >= 15 is 0 Å². The zero-order valence-corrected chi connectivity index (χ0v) is 15.6. The predicted octanol–water partition coefficient (Wildman–Crippen LogP) is 3.65. The predicted molar refractivity (Wildman–Crippen MR) is 110 cm³/mol. The highest BCUT2D eigenvalue weighted by atomic mass is 16.5. The number of anilines is 2. The lowest BCUT2D eigenvalue weighted by atomic mass is 10.1. The van der Waals surface area contributed by atoms with Gasteiger partial charge in [0.15, 0.2) is 6.10 Å². The summed E-state index contributed by atoms with van der Waals surface area (Å²) in [6.45, 7) is 5.83. The number of nitrogens with one attached hydrogen (secondary N) is 2. The molecule has 2 heterocycles. The van der Waals surface area contributed by atoms with Gasteiger partial charge in [0.1, 0.15) is 5.75 Å². The van der Waals surface area contributed by atoms with Gasteiger partial charge in [0, 0.05) is 35.4 Å². The van der Waals surface area contributed by atoms with Crippen molar-refractivity contribution in [3.8, 4) is 5.75 Å². The standard InChI is InChI=1S/C22H21N3O3/c1-3-10-25-19-9-8-16(12-20(19)28-14(2)22(25)27)24-21(26)11-15-13-23-18-7-5-4-6-17(15)18/h3-9,12-14,23H,1,10-11H2,2H3,(H,24,26). The van der Waals surface area contributed by atoms with Gasteiger partial charge in [-0.15, -0.1) is 6.58 Å². The molecule has 1 aliphatic heterocycles. The van der Waals surface area contributed by atoms with Crippen molar-refractivity contribution in [3.63, 3.8) is 0 Å². The minimum atomic E-state index is -0.579. The quantitative estimate of drug-likeness (QED) is 0.669. The Morgan fingerprint density at radius 1 is 1.32 bits per heavy atom. The largest absolute Gasteiger partial charge is 0.479 e. The highest BCUT2D eigenvalue weighted by Crippen LogP contribution is 2.36. The lowest BCUT2D eigenvalue weighted by molar-refractivity contribution is -0.125. The van der Waals surface area contributed by atoms with E-state index in [-0.39, 0.29) is 18.2 Å². The molecule has 1 atom stereocenters. The van der Waals surface area contributed by atoms with Crippen LogP contribution in [0.3, 0.4) is 0 Å². The molecule has 0 bridgehead atoms. The van der Waals surface area contributed by atoms with Crippen molar-refractivity contribution in [1.29, 1.82) is 0 Å². The first-order chi connectivity index (χ1) is 13.6. The maximum atomic E-state index is 12.5. The van der Waals surface area contributed by atoms with E-state index < -0.39 is 6.10 Å². The molecule has 6 nitrogen and oxygen atoms in total. The van der Waals surface area contributed by atoms with Crippen LogP contribution in [0.2, 0.25) is 0 Å². The Bertz CT molecular complexity index is 1070. The Labute approximate surface area is 162 Å². The number of rotatable bonds is 5. The van der Waals surface area contributed by atoms with E-state index in [4.69, 9.17) is 4.74 Å². The molecule has 0 saturated heterocycles. The van der Waals surface area contributed by atoms with Gasteiger partial charge in [0.05, 0.1) is 12.1 Å². The van der Waals surface area contributed by atoms with Gasteiger partial charge < -0.3 is 19.9 Å². The van der Waals surface area contributed by atoms with Crippen molar-refractivity contribution in [2.75, 3.05) is 16.8 Å². The van der Waals surface area contributed by atoms with E-state index in [9.17, 15) is 9.59 Å². The Balaban J connectivity index is 1.52. The van der Waals surface area contributed by atoms with Gasteiger partial charge in [-0.05, 0) is 30.7 Å². The van der Waals surface area contributed by atoms with Crippen molar-refractivity contribution < 1.29 is 14.3 Å². The molecule has 0 fully saturated rings. The summed E-state index contributed by atoms with van der Waals surface area (Å²) >= 11 is 0. The van der Waals surface area contributed by atoms with Crippen LogP contribution in [0.4, 0.5) is 11.4 Å². The molecule has 2 amide bonds. The number of aromatic amines is 1. The summed E-state index contributed by atoms with van der Waals surface area (Å²) < 4.78 is 5.72. The SMILES string of the molecule is C=CCN1C(=O)C(C)Oc2cc(NC(=O)Cc3c[nH]c4ccccc34)ccc21. The number of para-hydroxylation sites is 1. The number of ether oxygens (including phenoxy) is 1. The molecule has 1 aliphatic rings. The molecule has 28 heavy (non-hydrogen) atoms. The fraction of sp³-hybridized carbons (Fsp3) is 0.182. The number of amides is 2. The number of carbonyl (C=O) groups is 2. The van der Waals surface area contributed by atoms with E-state index in [1.54, 1.807) is 36.1 Å². The second kappa shape index (κ2) is 7.23. The fourth-order valence-corrected chi connectivity index (χ4v) is 3.46. The lowest BCUT2D eigenvalue weighted by Crippen LogP contribution is -2.44. The second-order valence-electron chi connectivity index (χ2n) is 6.76. The van der Waals surface area contributed by atoms with Crippen molar-refractivity contribution >= 4 is 34.1 Å². The number of hydrogen-bond donors (Lipinski definition) is 2. The van der Waals surface area contributed by atoms with Crippen LogP contribution in [-0.4, -0.2) is 29.4 Å². The lowest BCUT2D eigenvalue weighted by Gasteiger charge is -2.32. The maximum Gasteiger partial charge on any atom is 0.268 e. The summed E-state index contributed by atoms with van der Waals surface area (Å²) in [5, 5.41) is 3.95. The van der Waals surface area contributed by atoms with Crippen molar-refractivity contribution in [1.82, 2.24) is 4.98 Å². The molecule has 0 aliphatic carbocycles. The first kappa shape index (κ1) is 17.9. The summed E-state index contributed by atoms with van der Waals surface area (Å²) in [6.07, 6.45) is 3.22. The smallest absolute Gasteiger partial charge is 0.268 e. The number of benzene rings is 2. The molecule has 1 aromatic heterocycles. The van der Waals surface area contributed by atoms with Crippen LogP contribution < -0.4 is 15.0 Å². The van der Waals surface area contributed by atoms with Crippen LogP contribution >= 0.6 is 0 Å². The first-order valence-electron chi connectivity index (χ1n) is 9.14. The number of carbonyl (C=O) groups excluding carboxylic acids is 2. The molecule has 0 spiro atoms. The molecule has 3 aromatic rings. The third-order valence-corrected chi connectivity index (χ3v) is 4.79. The zero-order chi connectivity index (χ0) is 19.7. The summed E-state index contributed by atoms with van der Waals surface area (Å²) in [5.74, 6) is 0.343. The normalized spacial score (nSPS) is 15.8. The molecule has 0 saturated carbocycles. The van der Waals surface area contributed by atoms with Gasteiger partial charge in [0.2, 0.25) is 5.91 Å². The third-order valence-electron chi connectivity index (χ3n) is 4.79. The van der Waals surface area contributed by atoms with E-state index in [1.165, 1.54) is 0 Å². The Hall–Kier alpha value is -3.54. The maximum absolute atomic E-state index is 12.5. The van der Waals surface area contributed by atoms with Gasteiger partial charge in [-0.2, -0.15) is 0 Å². The summed E-state index contributed by atoms with van der Waals surface area (Å²) in [6, 6.07) is 13.2. The van der Waals surface area contributed by atoms with Crippen LogP contribution in [0.25, 0.3) is 10.9 Å². The fourth-order valence-electron chi connectivity index (χ4n) is 3.46. The van der Waals surface area contributed by atoms with Gasteiger partial charge in [0.25, 0.3) is 5.91 Å². The van der Waals surface area contributed by atoms with E-state index in [0.29, 0.717) is 23.7 Å². The van der Waals surface area contributed by atoms with Crippen LogP contribution in [-0.2, 0) is 16.0 Å². The minimum absolute atomic E-state index is 0.108. The molecule has 142 valence electrons. The third kappa shape index (κ3) is 3.24. The number of fused-ring (bicyclic) bond motifs is 2. The Morgan fingerprint density at radius 3 is 2.96 bits per heavy atom. The summed E-state index contributed by atoms with van der Waals surface area (Å²) in [7, 11) is 0. The Morgan fingerprint density at radius 2 is 2.14 bits per heavy atom. The molecule has 1 unspecified atom stereocenters. The average Bonchev–Trinajstić information content (AvgIpc) is 3.08. The highest BCUT2D eigenvalue weighted by Gasteiger charge is 2.30. The zero-order valence-electron chi connectivity index (χ0n) is 15.6. The molecule has 4 rings (SSSR count). The van der Waals surface area contributed by atoms with Gasteiger partial charge in [-0.25, -0.2) is 0 Å². The first-order valence-corrected chi connectivity index (χ1v) is 9.14. The minimum Gasteiger partial charge on any atom is -0.479 e. The average molecular weight is 375 g/mol. The van der Waals surface area contributed by atoms with Crippen LogP contribution in [0.15, 0.2) is 61.3 Å². The molecular weight excluding hydrogens is 354 g/mol. The highest BCUT2D eigenvalue weighted by molar-refractivity contribution is 6.01. The van der Waals surface area contributed by atoms with Crippen LogP contribution in [0.5, 0.6) is 5.75 Å². The molecule has 2 aromatic carbocycles. The van der Waals surface area contributed by atoms with Crippen molar-refractivity contribution in [3.05, 3.63) is 66.9 Å². The Kier molecular flexibility index (Phi) is 4.61.